The maximum atomic E-state index is 5.48. The Kier molecular flexibility index (Phi) is 5.84. The highest BCUT2D eigenvalue weighted by Crippen LogP contribution is 2.38. The molecule has 0 spiro atoms. The first-order chi connectivity index (χ1) is 12.7. The number of hydrogen-bond donors (Lipinski definition) is 1. The van der Waals surface area contributed by atoms with Crippen molar-refractivity contribution in [1.82, 2.24) is 5.32 Å². The van der Waals surface area contributed by atoms with Crippen molar-refractivity contribution in [2.45, 2.75) is 6.54 Å². The van der Waals surface area contributed by atoms with Gasteiger partial charge in [-0.1, -0.05) is 18.2 Å². The van der Waals surface area contributed by atoms with Gasteiger partial charge in [0.05, 0.1) is 34.4 Å². The van der Waals surface area contributed by atoms with Crippen molar-refractivity contribution >= 4 is 11.5 Å². The molecule has 26 heavy (non-hydrogen) atoms. The van der Waals surface area contributed by atoms with Crippen molar-refractivity contribution in [3.8, 4) is 17.2 Å². The van der Waals surface area contributed by atoms with Crippen LogP contribution < -0.4 is 24.4 Å². The largest absolute Gasteiger partial charge is 0.493 e. The number of nitrogens with one attached hydrogen (secondary N) is 1. The molecule has 2 aromatic carbocycles. The molecule has 138 valence electrons. The van der Waals surface area contributed by atoms with Crippen molar-refractivity contribution in [2.75, 3.05) is 45.9 Å². The molecule has 6 heteroatoms. The first-order valence-corrected chi connectivity index (χ1v) is 8.61. The van der Waals surface area contributed by atoms with Crippen molar-refractivity contribution < 1.29 is 14.2 Å². The van der Waals surface area contributed by atoms with Gasteiger partial charge in [0.2, 0.25) is 5.75 Å². The molecular weight excluding hydrogens is 330 g/mol. The van der Waals surface area contributed by atoms with Gasteiger partial charge in [0, 0.05) is 18.8 Å². The van der Waals surface area contributed by atoms with Crippen LogP contribution in [-0.2, 0) is 6.54 Å². The maximum absolute atomic E-state index is 5.48. The molecule has 1 aliphatic rings. The predicted molar refractivity (Wildman–Crippen MR) is 104 cm³/mol. The first kappa shape index (κ1) is 17.9. The lowest BCUT2D eigenvalue weighted by Crippen LogP contribution is -2.34. The van der Waals surface area contributed by atoms with Crippen LogP contribution in [0.1, 0.15) is 5.56 Å². The van der Waals surface area contributed by atoms with Gasteiger partial charge >= 0.3 is 0 Å². The van der Waals surface area contributed by atoms with Crippen LogP contribution in [0.5, 0.6) is 17.2 Å². The third-order valence-corrected chi connectivity index (χ3v) is 4.30. The van der Waals surface area contributed by atoms with Crippen molar-refractivity contribution in [2.24, 2.45) is 4.99 Å². The Bertz CT molecular complexity index is 737. The number of amidine groups is 1. The van der Waals surface area contributed by atoms with Crippen molar-refractivity contribution in [3.05, 3.63) is 48.0 Å². The minimum atomic E-state index is 0.604. The van der Waals surface area contributed by atoms with Crippen LogP contribution in [-0.4, -0.2) is 46.8 Å². The molecule has 0 unspecified atom stereocenters. The van der Waals surface area contributed by atoms with Gasteiger partial charge in [-0.25, -0.2) is 0 Å². The van der Waals surface area contributed by atoms with Gasteiger partial charge in [-0.2, -0.15) is 0 Å². The molecule has 0 aliphatic carbocycles. The van der Waals surface area contributed by atoms with Gasteiger partial charge in [-0.15, -0.1) is 0 Å². The third kappa shape index (κ3) is 4.02. The van der Waals surface area contributed by atoms with Crippen LogP contribution >= 0.6 is 0 Å². The topological polar surface area (TPSA) is 55.3 Å². The Balaban J connectivity index is 1.90. The van der Waals surface area contributed by atoms with E-state index >= 15 is 0 Å². The van der Waals surface area contributed by atoms with Gasteiger partial charge in [0.15, 0.2) is 11.5 Å². The van der Waals surface area contributed by atoms with E-state index in [9.17, 15) is 0 Å². The molecule has 0 fully saturated rings. The predicted octanol–water partition coefficient (Wildman–Crippen LogP) is 2.72. The third-order valence-electron chi connectivity index (χ3n) is 4.30. The fraction of sp³-hybridized carbons (Fsp3) is 0.350. The summed E-state index contributed by atoms with van der Waals surface area (Å²) in [5.74, 6) is 2.94. The monoisotopic (exact) mass is 355 g/mol. The van der Waals surface area contributed by atoms with E-state index in [1.165, 1.54) is 0 Å². The quantitative estimate of drug-likeness (QED) is 0.789. The number of anilines is 1. The molecule has 0 amide bonds. The van der Waals surface area contributed by atoms with Gasteiger partial charge in [0.25, 0.3) is 0 Å². The Morgan fingerprint density at radius 2 is 1.65 bits per heavy atom. The van der Waals surface area contributed by atoms with Crippen LogP contribution in [0.2, 0.25) is 0 Å². The molecule has 0 bridgehead atoms. The van der Waals surface area contributed by atoms with E-state index in [0.29, 0.717) is 23.8 Å². The van der Waals surface area contributed by atoms with Crippen LogP contribution in [0.3, 0.4) is 0 Å². The van der Waals surface area contributed by atoms with Crippen LogP contribution in [0, 0.1) is 0 Å². The molecule has 0 aromatic heterocycles. The molecule has 1 heterocycles. The summed E-state index contributed by atoms with van der Waals surface area (Å²) < 4.78 is 16.4. The number of nitrogens with zero attached hydrogens (tertiary/aromatic N) is 2. The van der Waals surface area contributed by atoms with E-state index < -0.39 is 0 Å². The van der Waals surface area contributed by atoms with Crippen molar-refractivity contribution in [1.29, 1.82) is 0 Å². The average molecular weight is 355 g/mol. The zero-order valence-electron chi connectivity index (χ0n) is 15.5. The lowest BCUT2D eigenvalue weighted by Gasteiger charge is -2.26. The van der Waals surface area contributed by atoms with Gasteiger partial charge in [-0.3, -0.25) is 4.99 Å². The minimum absolute atomic E-state index is 0.604. The Labute approximate surface area is 154 Å². The summed E-state index contributed by atoms with van der Waals surface area (Å²) in [4.78, 5) is 6.81. The Morgan fingerprint density at radius 3 is 2.19 bits per heavy atom. The number of methoxy groups -OCH3 is 3. The van der Waals surface area contributed by atoms with Crippen LogP contribution in [0.15, 0.2) is 47.5 Å². The number of rotatable bonds is 8. The van der Waals surface area contributed by atoms with Crippen LogP contribution in [0.25, 0.3) is 0 Å². The lowest BCUT2D eigenvalue weighted by molar-refractivity contribution is 0.324. The zero-order chi connectivity index (χ0) is 18.4. The van der Waals surface area contributed by atoms with Crippen molar-refractivity contribution in [3.63, 3.8) is 0 Å². The molecule has 1 aliphatic heterocycles. The molecule has 0 radical (unpaired) electrons. The van der Waals surface area contributed by atoms with Gasteiger partial charge in [0.1, 0.15) is 5.84 Å². The highest BCUT2D eigenvalue weighted by atomic mass is 16.5. The second kappa shape index (κ2) is 8.47. The van der Waals surface area contributed by atoms with E-state index in [1.54, 1.807) is 21.3 Å². The molecule has 0 saturated carbocycles. The standard InChI is InChI=1S/C20H25N3O3/c1-24-17-11-15(12-18(25-2)20(17)26-3)13-23(14-19-21-9-10-22-19)16-7-5-4-6-8-16/h4-8,11-12H,9-10,13-14H2,1-3H3,(H,21,22). The number of para-hydroxylation sites is 1. The fourth-order valence-electron chi connectivity index (χ4n) is 3.06. The summed E-state index contributed by atoms with van der Waals surface area (Å²) in [5, 5.41) is 3.34. The fourth-order valence-corrected chi connectivity index (χ4v) is 3.06. The Morgan fingerprint density at radius 1 is 0.962 bits per heavy atom. The minimum Gasteiger partial charge on any atom is -0.493 e. The van der Waals surface area contributed by atoms with E-state index in [2.05, 4.69) is 27.3 Å². The molecule has 6 nitrogen and oxygen atoms in total. The SMILES string of the molecule is COc1cc(CN(CC2=NCCN2)c2ccccc2)cc(OC)c1OC. The smallest absolute Gasteiger partial charge is 0.203 e. The van der Waals surface area contributed by atoms with E-state index in [0.717, 1.165) is 36.7 Å². The zero-order valence-corrected chi connectivity index (χ0v) is 15.5. The summed E-state index contributed by atoms with van der Waals surface area (Å²) >= 11 is 0. The number of aliphatic imine (C=N–C) groups is 1. The number of ether oxygens (including phenoxy) is 3. The molecule has 3 rings (SSSR count). The van der Waals surface area contributed by atoms with E-state index in [1.807, 2.05) is 30.3 Å². The first-order valence-electron chi connectivity index (χ1n) is 8.61. The highest BCUT2D eigenvalue weighted by Gasteiger charge is 2.17. The number of benzene rings is 2. The summed E-state index contributed by atoms with van der Waals surface area (Å²) in [6, 6.07) is 14.3. The summed E-state index contributed by atoms with van der Waals surface area (Å²) in [7, 11) is 4.88. The number of hydrogen-bond acceptors (Lipinski definition) is 6. The molecule has 2 aromatic rings. The highest BCUT2D eigenvalue weighted by molar-refractivity contribution is 5.88. The Hall–Kier alpha value is -2.89. The second-order valence-corrected chi connectivity index (χ2v) is 5.98. The molecule has 0 saturated heterocycles. The summed E-state index contributed by atoms with van der Waals surface area (Å²) in [5.41, 5.74) is 2.21. The summed E-state index contributed by atoms with van der Waals surface area (Å²) in [6.07, 6.45) is 0. The van der Waals surface area contributed by atoms with E-state index in [4.69, 9.17) is 14.2 Å². The second-order valence-electron chi connectivity index (χ2n) is 5.98. The maximum Gasteiger partial charge on any atom is 0.203 e. The van der Waals surface area contributed by atoms with Gasteiger partial charge < -0.3 is 24.4 Å². The lowest BCUT2D eigenvalue weighted by atomic mass is 10.1. The molecule has 0 atom stereocenters. The normalized spacial score (nSPS) is 13.0. The van der Waals surface area contributed by atoms with Gasteiger partial charge in [-0.05, 0) is 29.8 Å². The van der Waals surface area contributed by atoms with E-state index in [-0.39, 0.29) is 0 Å². The molecular formula is C20H25N3O3. The molecule has 1 N–H and O–H groups in total. The van der Waals surface area contributed by atoms with Crippen LogP contribution in [0.4, 0.5) is 5.69 Å². The summed E-state index contributed by atoms with van der Waals surface area (Å²) in [6.45, 7) is 3.16. The average Bonchev–Trinajstić information content (AvgIpc) is 3.20.